The summed E-state index contributed by atoms with van der Waals surface area (Å²) in [7, 11) is 0. The van der Waals surface area contributed by atoms with E-state index >= 15 is 0 Å². The Labute approximate surface area is 163 Å². The highest BCUT2D eigenvalue weighted by atomic mass is 35.5. The lowest BCUT2D eigenvalue weighted by molar-refractivity contribution is -0.133. The fourth-order valence-electron chi connectivity index (χ4n) is 3.14. The van der Waals surface area contributed by atoms with E-state index in [-0.39, 0.29) is 18.4 Å². The van der Waals surface area contributed by atoms with Crippen molar-refractivity contribution in [3.8, 4) is 5.75 Å². The number of H-pyrrole nitrogens is 1. The zero-order chi connectivity index (χ0) is 19.4. The van der Waals surface area contributed by atoms with Crippen LogP contribution in [0.4, 0.5) is 0 Å². The summed E-state index contributed by atoms with van der Waals surface area (Å²) < 4.78 is 5.53. The standard InChI is InChI=1S/C19H23ClN4O3/c1-12-16(13(2)23-22-12)4-6-18(25)21-7-8-24-10-14-9-15(20)3-5-17(14)27-11-19(24)26/h3,5,9H,4,6-8,10-11H2,1-2H3,(H,21,25)(H,22,23). The fraction of sp³-hybridized carbons (Fsp3) is 0.421. The third-order valence-corrected chi connectivity index (χ3v) is 4.91. The molecule has 27 heavy (non-hydrogen) atoms. The van der Waals surface area contributed by atoms with Crippen LogP contribution in [-0.2, 0) is 22.6 Å². The summed E-state index contributed by atoms with van der Waals surface area (Å²) in [5.74, 6) is 0.517. The van der Waals surface area contributed by atoms with Crippen LogP contribution in [-0.4, -0.2) is 46.6 Å². The summed E-state index contributed by atoms with van der Waals surface area (Å²) in [5, 5.41) is 10.5. The summed E-state index contributed by atoms with van der Waals surface area (Å²) in [6.07, 6.45) is 1.03. The Hall–Kier alpha value is -2.54. The third kappa shape index (κ3) is 4.80. The van der Waals surface area contributed by atoms with Crippen molar-refractivity contribution in [3.05, 3.63) is 45.7 Å². The quantitative estimate of drug-likeness (QED) is 0.791. The number of hydrogen-bond donors (Lipinski definition) is 2. The van der Waals surface area contributed by atoms with Gasteiger partial charge >= 0.3 is 0 Å². The van der Waals surface area contributed by atoms with E-state index in [1.807, 2.05) is 13.8 Å². The Morgan fingerprint density at radius 3 is 2.96 bits per heavy atom. The maximum Gasteiger partial charge on any atom is 0.260 e. The number of ether oxygens (including phenoxy) is 1. The monoisotopic (exact) mass is 390 g/mol. The minimum atomic E-state index is -0.110. The second-order valence-electron chi connectivity index (χ2n) is 6.62. The van der Waals surface area contributed by atoms with Gasteiger partial charge < -0.3 is 15.0 Å². The first-order valence-electron chi connectivity index (χ1n) is 8.90. The molecule has 7 nitrogen and oxygen atoms in total. The van der Waals surface area contributed by atoms with Crippen molar-refractivity contribution >= 4 is 23.4 Å². The summed E-state index contributed by atoms with van der Waals surface area (Å²) in [6.45, 7) is 5.09. The smallest absolute Gasteiger partial charge is 0.260 e. The molecule has 0 fully saturated rings. The number of carbonyl (C=O) groups is 2. The minimum absolute atomic E-state index is 0.0123. The second-order valence-corrected chi connectivity index (χ2v) is 7.05. The van der Waals surface area contributed by atoms with Crippen LogP contribution < -0.4 is 10.1 Å². The minimum Gasteiger partial charge on any atom is -0.483 e. The number of nitrogens with zero attached hydrogens (tertiary/aromatic N) is 2. The van der Waals surface area contributed by atoms with Gasteiger partial charge in [0.05, 0.1) is 5.69 Å². The van der Waals surface area contributed by atoms with Gasteiger partial charge in [-0.2, -0.15) is 5.10 Å². The van der Waals surface area contributed by atoms with Gasteiger partial charge in [0.15, 0.2) is 6.61 Å². The van der Waals surface area contributed by atoms with Gasteiger partial charge in [-0.25, -0.2) is 0 Å². The Morgan fingerprint density at radius 1 is 1.41 bits per heavy atom. The molecule has 1 aromatic heterocycles. The van der Waals surface area contributed by atoms with E-state index in [9.17, 15) is 9.59 Å². The average Bonchev–Trinajstić information content (AvgIpc) is 2.86. The molecular weight excluding hydrogens is 368 g/mol. The Bertz CT molecular complexity index is 830. The predicted molar refractivity (Wildman–Crippen MR) is 102 cm³/mol. The van der Waals surface area contributed by atoms with E-state index in [1.54, 1.807) is 23.1 Å². The number of aromatic amines is 1. The molecule has 1 aliphatic rings. The highest BCUT2D eigenvalue weighted by Gasteiger charge is 2.21. The molecular formula is C19H23ClN4O3. The van der Waals surface area contributed by atoms with Crippen LogP contribution in [0.1, 0.15) is 28.9 Å². The van der Waals surface area contributed by atoms with Gasteiger partial charge in [0.25, 0.3) is 5.91 Å². The fourth-order valence-corrected chi connectivity index (χ4v) is 3.34. The van der Waals surface area contributed by atoms with Crippen LogP contribution >= 0.6 is 11.6 Å². The van der Waals surface area contributed by atoms with Crippen molar-refractivity contribution in [1.82, 2.24) is 20.4 Å². The van der Waals surface area contributed by atoms with Crippen LogP contribution in [0.25, 0.3) is 0 Å². The molecule has 0 atom stereocenters. The van der Waals surface area contributed by atoms with Crippen LogP contribution in [0.3, 0.4) is 0 Å². The molecule has 0 saturated heterocycles. The number of rotatable bonds is 6. The van der Waals surface area contributed by atoms with Crippen molar-refractivity contribution in [2.75, 3.05) is 19.7 Å². The first kappa shape index (κ1) is 19.2. The van der Waals surface area contributed by atoms with Crippen molar-refractivity contribution in [2.24, 2.45) is 0 Å². The molecule has 2 N–H and O–H groups in total. The van der Waals surface area contributed by atoms with Gasteiger partial charge in [-0.15, -0.1) is 0 Å². The van der Waals surface area contributed by atoms with Gasteiger partial charge in [0.2, 0.25) is 5.91 Å². The molecule has 3 rings (SSSR count). The highest BCUT2D eigenvalue weighted by molar-refractivity contribution is 6.30. The first-order valence-corrected chi connectivity index (χ1v) is 9.28. The summed E-state index contributed by atoms with van der Waals surface area (Å²) >= 11 is 6.04. The number of aromatic nitrogens is 2. The summed E-state index contributed by atoms with van der Waals surface area (Å²) in [5.41, 5.74) is 3.87. The van der Waals surface area contributed by atoms with Gasteiger partial charge in [-0.05, 0) is 44.0 Å². The lowest BCUT2D eigenvalue weighted by atomic mass is 10.1. The number of hydrogen-bond acceptors (Lipinski definition) is 4. The van der Waals surface area contributed by atoms with Gasteiger partial charge in [0, 0.05) is 42.3 Å². The number of carbonyl (C=O) groups excluding carboxylic acids is 2. The molecule has 144 valence electrons. The van der Waals surface area contributed by atoms with Crippen molar-refractivity contribution < 1.29 is 14.3 Å². The van der Waals surface area contributed by atoms with E-state index in [0.29, 0.717) is 43.2 Å². The number of aryl methyl sites for hydroxylation is 2. The SMILES string of the molecule is Cc1n[nH]c(C)c1CCC(=O)NCCN1Cc2cc(Cl)ccc2OCC1=O. The molecule has 0 bridgehead atoms. The predicted octanol–water partition coefficient (Wildman–Crippen LogP) is 2.15. The molecule has 2 aromatic rings. The van der Waals surface area contributed by atoms with E-state index in [1.165, 1.54) is 0 Å². The van der Waals surface area contributed by atoms with E-state index in [4.69, 9.17) is 16.3 Å². The molecule has 1 aromatic carbocycles. The van der Waals surface area contributed by atoms with Crippen LogP contribution in [0.2, 0.25) is 5.02 Å². The zero-order valence-electron chi connectivity index (χ0n) is 15.5. The molecule has 2 heterocycles. The topological polar surface area (TPSA) is 87.3 Å². The number of nitrogens with one attached hydrogen (secondary N) is 2. The highest BCUT2D eigenvalue weighted by Crippen LogP contribution is 2.26. The molecule has 0 saturated carbocycles. The van der Waals surface area contributed by atoms with E-state index in [0.717, 1.165) is 22.5 Å². The van der Waals surface area contributed by atoms with Crippen molar-refractivity contribution in [3.63, 3.8) is 0 Å². The molecule has 8 heteroatoms. The van der Waals surface area contributed by atoms with Crippen molar-refractivity contribution in [2.45, 2.75) is 33.2 Å². The summed E-state index contributed by atoms with van der Waals surface area (Å²) in [4.78, 5) is 26.0. The molecule has 0 spiro atoms. The van der Waals surface area contributed by atoms with E-state index in [2.05, 4.69) is 15.5 Å². The first-order chi connectivity index (χ1) is 12.9. The van der Waals surface area contributed by atoms with E-state index < -0.39 is 0 Å². The van der Waals surface area contributed by atoms with Gasteiger partial charge in [-0.3, -0.25) is 14.7 Å². The Balaban J connectivity index is 1.49. The Morgan fingerprint density at radius 2 is 2.22 bits per heavy atom. The lowest BCUT2D eigenvalue weighted by Crippen LogP contribution is -2.39. The van der Waals surface area contributed by atoms with Gasteiger partial charge in [0.1, 0.15) is 5.75 Å². The summed E-state index contributed by atoms with van der Waals surface area (Å²) in [6, 6.07) is 5.32. The molecule has 0 aliphatic carbocycles. The van der Waals surface area contributed by atoms with Crippen LogP contribution in [0, 0.1) is 13.8 Å². The van der Waals surface area contributed by atoms with Crippen LogP contribution in [0.5, 0.6) is 5.75 Å². The third-order valence-electron chi connectivity index (χ3n) is 4.67. The molecule has 1 aliphatic heterocycles. The molecule has 2 amide bonds. The maximum absolute atomic E-state index is 12.2. The number of fused-ring (bicyclic) bond motifs is 1. The number of amides is 2. The maximum atomic E-state index is 12.2. The lowest BCUT2D eigenvalue weighted by Gasteiger charge is -2.20. The molecule has 0 unspecified atom stereocenters. The number of halogens is 1. The largest absolute Gasteiger partial charge is 0.483 e. The Kier molecular flexibility index (Phi) is 6.01. The van der Waals surface area contributed by atoms with Crippen LogP contribution in [0.15, 0.2) is 18.2 Å². The second kappa shape index (κ2) is 8.43. The van der Waals surface area contributed by atoms with Crippen molar-refractivity contribution in [1.29, 1.82) is 0 Å². The number of benzene rings is 1. The van der Waals surface area contributed by atoms with Gasteiger partial charge in [-0.1, -0.05) is 11.6 Å². The normalized spacial score (nSPS) is 13.7. The average molecular weight is 391 g/mol. The molecule has 0 radical (unpaired) electrons. The zero-order valence-corrected chi connectivity index (χ0v) is 16.2.